The average Bonchev–Trinajstić information content (AvgIpc) is 2.37. The third kappa shape index (κ3) is 4.20. The highest BCUT2D eigenvalue weighted by atomic mass is 16.2. The van der Waals surface area contributed by atoms with Gasteiger partial charge in [0, 0.05) is 47.1 Å². The number of hydrogen-bond donors (Lipinski definition) is 0. The van der Waals surface area contributed by atoms with Gasteiger partial charge in [-0.15, -0.1) is 0 Å². The van der Waals surface area contributed by atoms with Crippen molar-refractivity contribution >= 4 is 17.8 Å². The highest BCUT2D eigenvalue weighted by Gasteiger charge is 2.25. The van der Waals surface area contributed by atoms with Crippen molar-refractivity contribution in [3.8, 4) is 0 Å². The van der Waals surface area contributed by atoms with Gasteiger partial charge in [-0.1, -0.05) is 0 Å². The molecule has 0 unspecified atom stereocenters. The number of nitrogens with zero attached hydrogens (tertiary/aromatic N) is 4. The van der Waals surface area contributed by atoms with Crippen LogP contribution in [0.3, 0.4) is 0 Å². The second-order valence-corrected chi connectivity index (χ2v) is 4.97. The summed E-state index contributed by atoms with van der Waals surface area (Å²) in [4.78, 5) is 39.2. The van der Waals surface area contributed by atoms with Crippen molar-refractivity contribution in [2.24, 2.45) is 0 Å². The summed E-state index contributed by atoms with van der Waals surface area (Å²) in [7, 11) is 7.03. The first kappa shape index (κ1) is 15.4. The fourth-order valence-electron chi connectivity index (χ4n) is 1.88. The lowest BCUT2D eigenvalue weighted by Crippen LogP contribution is -2.48. The average molecular weight is 270 g/mol. The Morgan fingerprint density at radius 3 is 1.84 bits per heavy atom. The largest absolute Gasteiger partial charge is 0.333 e. The first-order valence-electron chi connectivity index (χ1n) is 6.27. The predicted molar refractivity (Wildman–Crippen MR) is 70.3 cm³/mol. The number of imide groups is 1. The Balaban J connectivity index is 0.000000191. The predicted octanol–water partition coefficient (Wildman–Crippen LogP) is -0.362. The van der Waals surface area contributed by atoms with Crippen LogP contribution in [0.15, 0.2) is 0 Å². The third-order valence-electron chi connectivity index (χ3n) is 3.24. The van der Waals surface area contributed by atoms with Gasteiger partial charge < -0.3 is 9.80 Å². The minimum absolute atomic E-state index is 0.0944. The Hall–Kier alpha value is -1.63. The highest BCUT2D eigenvalue weighted by Crippen LogP contribution is 2.04. The number of carbonyl (C=O) groups is 3. The molecular weight excluding hydrogens is 248 g/mol. The summed E-state index contributed by atoms with van der Waals surface area (Å²) in [6.07, 6.45) is 1.12. The van der Waals surface area contributed by atoms with Gasteiger partial charge >= 0.3 is 6.03 Å². The standard InChI is InChI=1S/C6H10N2O2.C6H12N2O/c1-7-4-3-5(9)8(2)6(7)10;1-7-4-3-6(9)8(2)5-7/h3-4H2,1-2H3;3-5H2,1-2H3. The molecule has 7 heteroatoms. The lowest BCUT2D eigenvalue weighted by atomic mass is 10.3. The van der Waals surface area contributed by atoms with Crippen LogP contribution in [-0.2, 0) is 9.59 Å². The lowest BCUT2D eigenvalue weighted by Gasteiger charge is -2.29. The fraction of sp³-hybridized carbons (Fsp3) is 0.750. The SMILES string of the molecule is CN1CCC(=O)N(C)C1.CN1CCC(=O)N(C)C1=O. The Labute approximate surface area is 113 Å². The van der Waals surface area contributed by atoms with Gasteiger partial charge in [-0.3, -0.25) is 19.4 Å². The van der Waals surface area contributed by atoms with Gasteiger partial charge in [0.2, 0.25) is 11.8 Å². The zero-order valence-electron chi connectivity index (χ0n) is 12.0. The molecule has 19 heavy (non-hydrogen) atoms. The Kier molecular flexibility index (Phi) is 5.29. The van der Waals surface area contributed by atoms with Crippen LogP contribution in [0.25, 0.3) is 0 Å². The van der Waals surface area contributed by atoms with Crippen LogP contribution in [0.1, 0.15) is 12.8 Å². The highest BCUT2D eigenvalue weighted by molar-refractivity contribution is 5.96. The van der Waals surface area contributed by atoms with E-state index in [0.29, 0.717) is 19.4 Å². The van der Waals surface area contributed by atoms with E-state index in [-0.39, 0.29) is 17.8 Å². The maximum absolute atomic E-state index is 11.0. The van der Waals surface area contributed by atoms with E-state index in [2.05, 4.69) is 4.90 Å². The fourth-order valence-corrected chi connectivity index (χ4v) is 1.88. The van der Waals surface area contributed by atoms with Crippen LogP contribution in [0.4, 0.5) is 4.79 Å². The van der Waals surface area contributed by atoms with Crippen molar-refractivity contribution in [2.75, 3.05) is 47.9 Å². The molecule has 108 valence electrons. The smallest absolute Gasteiger partial charge is 0.326 e. The Morgan fingerprint density at radius 2 is 1.37 bits per heavy atom. The minimum Gasteiger partial charge on any atom is -0.333 e. The topological polar surface area (TPSA) is 64.2 Å². The summed E-state index contributed by atoms with van der Waals surface area (Å²) in [5.41, 5.74) is 0. The molecule has 0 N–H and O–H groups in total. The zero-order valence-corrected chi connectivity index (χ0v) is 12.0. The Bertz CT molecular complexity index is 372. The molecule has 0 saturated carbocycles. The van der Waals surface area contributed by atoms with Gasteiger partial charge in [0.15, 0.2) is 0 Å². The van der Waals surface area contributed by atoms with Crippen LogP contribution in [0.2, 0.25) is 0 Å². The van der Waals surface area contributed by atoms with Crippen molar-refractivity contribution < 1.29 is 14.4 Å². The van der Waals surface area contributed by atoms with Gasteiger partial charge in [-0.2, -0.15) is 0 Å². The molecule has 2 fully saturated rings. The molecule has 4 amide bonds. The number of carbonyl (C=O) groups excluding carboxylic acids is 3. The van der Waals surface area contributed by atoms with Crippen LogP contribution >= 0.6 is 0 Å². The summed E-state index contributed by atoms with van der Waals surface area (Å²) < 4.78 is 0. The molecule has 2 saturated heterocycles. The normalized spacial score (nSPS) is 21.5. The van der Waals surface area contributed by atoms with Crippen LogP contribution < -0.4 is 0 Å². The minimum atomic E-state index is -0.212. The van der Waals surface area contributed by atoms with E-state index < -0.39 is 0 Å². The molecule has 0 bridgehead atoms. The molecule has 0 spiro atoms. The first-order chi connectivity index (χ1) is 8.82. The molecule has 0 radical (unpaired) electrons. The first-order valence-corrected chi connectivity index (χ1v) is 6.27. The van der Waals surface area contributed by atoms with E-state index in [1.807, 2.05) is 14.1 Å². The molecule has 0 aromatic heterocycles. The van der Waals surface area contributed by atoms with E-state index in [0.717, 1.165) is 18.1 Å². The number of rotatable bonds is 0. The van der Waals surface area contributed by atoms with Gasteiger partial charge in [-0.25, -0.2) is 4.79 Å². The van der Waals surface area contributed by atoms with E-state index in [1.165, 1.54) is 11.9 Å². The van der Waals surface area contributed by atoms with Gasteiger partial charge in [0.25, 0.3) is 0 Å². The second kappa shape index (κ2) is 6.51. The van der Waals surface area contributed by atoms with Crippen LogP contribution in [-0.4, -0.2) is 85.4 Å². The molecule has 0 aromatic rings. The lowest BCUT2D eigenvalue weighted by molar-refractivity contribution is -0.135. The van der Waals surface area contributed by atoms with E-state index in [4.69, 9.17) is 0 Å². The quantitative estimate of drug-likeness (QED) is 0.603. The molecule has 2 aliphatic rings. The van der Waals surface area contributed by atoms with Crippen LogP contribution in [0, 0.1) is 0 Å². The van der Waals surface area contributed by atoms with Crippen molar-refractivity contribution in [1.29, 1.82) is 0 Å². The van der Waals surface area contributed by atoms with Crippen molar-refractivity contribution in [2.45, 2.75) is 12.8 Å². The molecule has 2 aliphatic heterocycles. The molecular formula is C12H22N4O3. The molecule has 2 rings (SSSR count). The number of hydrogen-bond acceptors (Lipinski definition) is 4. The Morgan fingerprint density at radius 1 is 0.789 bits per heavy atom. The molecule has 2 heterocycles. The number of amides is 4. The van der Waals surface area contributed by atoms with Crippen LogP contribution in [0.5, 0.6) is 0 Å². The molecule has 0 aliphatic carbocycles. The summed E-state index contributed by atoms with van der Waals surface area (Å²) >= 11 is 0. The third-order valence-corrected chi connectivity index (χ3v) is 3.24. The second-order valence-electron chi connectivity index (χ2n) is 4.97. The van der Waals surface area contributed by atoms with E-state index >= 15 is 0 Å². The maximum Gasteiger partial charge on any atom is 0.326 e. The maximum atomic E-state index is 11.0. The molecule has 0 aromatic carbocycles. The summed E-state index contributed by atoms with van der Waals surface area (Å²) in [5.74, 6) is 0.163. The van der Waals surface area contributed by atoms with Crippen molar-refractivity contribution in [1.82, 2.24) is 19.6 Å². The summed E-state index contributed by atoms with van der Waals surface area (Å²) in [5, 5.41) is 0. The van der Waals surface area contributed by atoms with E-state index in [1.54, 1.807) is 11.9 Å². The van der Waals surface area contributed by atoms with Gasteiger partial charge in [0.05, 0.1) is 6.67 Å². The molecule has 0 atom stereocenters. The van der Waals surface area contributed by atoms with E-state index in [9.17, 15) is 14.4 Å². The van der Waals surface area contributed by atoms with Gasteiger partial charge in [0.1, 0.15) is 0 Å². The van der Waals surface area contributed by atoms with Crippen molar-refractivity contribution in [3.63, 3.8) is 0 Å². The zero-order chi connectivity index (χ0) is 14.6. The monoisotopic (exact) mass is 270 g/mol. The van der Waals surface area contributed by atoms with Gasteiger partial charge in [-0.05, 0) is 7.05 Å². The van der Waals surface area contributed by atoms with Crippen molar-refractivity contribution in [3.05, 3.63) is 0 Å². The molecule has 7 nitrogen and oxygen atoms in total. The number of urea groups is 1. The summed E-state index contributed by atoms with van der Waals surface area (Å²) in [6, 6.07) is -0.212. The summed E-state index contributed by atoms with van der Waals surface area (Å²) in [6.45, 7) is 2.23.